The summed E-state index contributed by atoms with van der Waals surface area (Å²) in [5.41, 5.74) is 1.49. The molecular weight excluding hydrogens is 314 g/mol. The van der Waals surface area contributed by atoms with Crippen LogP contribution in [0.15, 0.2) is 54.6 Å². The molecule has 1 N–H and O–H groups in total. The van der Waals surface area contributed by atoms with E-state index in [2.05, 4.69) is 17.2 Å². The molecule has 0 aromatic heterocycles. The Labute approximate surface area is 148 Å². The number of rotatable bonds is 5. The van der Waals surface area contributed by atoms with Gasteiger partial charge in [-0.1, -0.05) is 36.1 Å². The predicted molar refractivity (Wildman–Crippen MR) is 96.6 cm³/mol. The van der Waals surface area contributed by atoms with Crippen molar-refractivity contribution in [3.8, 4) is 17.6 Å². The van der Waals surface area contributed by atoms with E-state index in [1.54, 1.807) is 12.1 Å². The minimum atomic E-state index is -0.162. The van der Waals surface area contributed by atoms with Gasteiger partial charge in [-0.2, -0.15) is 0 Å². The van der Waals surface area contributed by atoms with E-state index in [9.17, 15) is 4.79 Å². The van der Waals surface area contributed by atoms with E-state index in [0.717, 1.165) is 25.0 Å². The van der Waals surface area contributed by atoms with Gasteiger partial charge in [0.1, 0.15) is 12.4 Å². The fraction of sp³-hybridized carbons (Fsp3) is 0.286. The van der Waals surface area contributed by atoms with Crippen LogP contribution < -0.4 is 10.1 Å². The van der Waals surface area contributed by atoms with Crippen molar-refractivity contribution in [1.29, 1.82) is 0 Å². The molecule has 0 bridgehead atoms. The molecule has 1 amide bonds. The first kappa shape index (κ1) is 17.1. The highest BCUT2D eigenvalue weighted by molar-refractivity contribution is 5.94. The van der Waals surface area contributed by atoms with Gasteiger partial charge in [-0.3, -0.25) is 4.79 Å². The number of carbonyl (C=O) groups is 1. The van der Waals surface area contributed by atoms with Gasteiger partial charge in [-0.15, -0.1) is 0 Å². The molecule has 1 heterocycles. The van der Waals surface area contributed by atoms with Crippen molar-refractivity contribution in [1.82, 2.24) is 5.32 Å². The van der Waals surface area contributed by atoms with Crippen molar-refractivity contribution < 1.29 is 14.3 Å². The molecule has 1 saturated heterocycles. The first-order valence-corrected chi connectivity index (χ1v) is 8.48. The van der Waals surface area contributed by atoms with E-state index in [1.165, 1.54) is 0 Å². The second-order valence-electron chi connectivity index (χ2n) is 5.82. The molecule has 25 heavy (non-hydrogen) atoms. The van der Waals surface area contributed by atoms with Gasteiger partial charge in [-0.25, -0.2) is 0 Å². The number of nitrogens with one attached hydrogen (secondary N) is 1. The summed E-state index contributed by atoms with van der Waals surface area (Å²) in [4.78, 5) is 12.2. The van der Waals surface area contributed by atoms with Gasteiger partial charge < -0.3 is 14.8 Å². The maximum absolute atomic E-state index is 12.2. The zero-order chi connectivity index (χ0) is 17.3. The minimum absolute atomic E-state index is 0.158. The van der Waals surface area contributed by atoms with E-state index in [0.29, 0.717) is 24.5 Å². The van der Waals surface area contributed by atoms with Crippen LogP contribution in [0.2, 0.25) is 0 Å². The van der Waals surface area contributed by atoms with Crippen LogP contribution in [-0.4, -0.2) is 31.8 Å². The summed E-state index contributed by atoms with van der Waals surface area (Å²) in [7, 11) is 0. The number of benzene rings is 2. The average molecular weight is 335 g/mol. The quantitative estimate of drug-likeness (QED) is 0.855. The van der Waals surface area contributed by atoms with Crippen molar-refractivity contribution in [3.05, 3.63) is 65.7 Å². The van der Waals surface area contributed by atoms with Crippen LogP contribution in [-0.2, 0) is 4.74 Å². The van der Waals surface area contributed by atoms with Crippen LogP contribution in [0.3, 0.4) is 0 Å². The molecule has 1 aliphatic heterocycles. The molecule has 128 valence electrons. The van der Waals surface area contributed by atoms with E-state index in [1.807, 2.05) is 42.5 Å². The number of hydrogen-bond acceptors (Lipinski definition) is 3. The average Bonchev–Trinajstić information content (AvgIpc) is 3.18. The number of carbonyl (C=O) groups excluding carboxylic acids is 1. The minimum Gasteiger partial charge on any atom is -0.491 e. The van der Waals surface area contributed by atoms with Crippen LogP contribution in [0.4, 0.5) is 0 Å². The topological polar surface area (TPSA) is 47.6 Å². The Morgan fingerprint density at radius 2 is 2.08 bits per heavy atom. The maximum Gasteiger partial charge on any atom is 0.252 e. The first-order valence-electron chi connectivity index (χ1n) is 8.48. The summed E-state index contributed by atoms with van der Waals surface area (Å²) in [6.45, 7) is 1.63. The van der Waals surface area contributed by atoms with Crippen LogP contribution >= 0.6 is 0 Å². The van der Waals surface area contributed by atoms with Gasteiger partial charge in [-0.05, 0) is 43.2 Å². The summed E-state index contributed by atoms with van der Waals surface area (Å²) in [5.74, 6) is 6.48. The zero-order valence-corrected chi connectivity index (χ0v) is 14.0. The molecule has 0 saturated carbocycles. The third-order valence-corrected chi connectivity index (χ3v) is 3.90. The maximum atomic E-state index is 12.2. The normalized spacial score (nSPS) is 15.9. The van der Waals surface area contributed by atoms with Crippen LogP contribution in [0, 0.1) is 11.8 Å². The largest absolute Gasteiger partial charge is 0.491 e. The lowest BCUT2D eigenvalue weighted by atomic mass is 10.2. The van der Waals surface area contributed by atoms with Crippen LogP contribution in [0.1, 0.15) is 28.8 Å². The van der Waals surface area contributed by atoms with Crippen LogP contribution in [0.25, 0.3) is 0 Å². The summed E-state index contributed by atoms with van der Waals surface area (Å²) < 4.78 is 11.3. The Hall–Kier alpha value is -2.77. The zero-order valence-electron chi connectivity index (χ0n) is 14.0. The second kappa shape index (κ2) is 8.91. The van der Waals surface area contributed by atoms with Gasteiger partial charge in [0.05, 0.1) is 12.6 Å². The molecule has 1 unspecified atom stereocenters. The Balaban J connectivity index is 1.50. The summed E-state index contributed by atoms with van der Waals surface area (Å²) >= 11 is 0. The van der Waals surface area contributed by atoms with Gasteiger partial charge >= 0.3 is 0 Å². The smallest absolute Gasteiger partial charge is 0.252 e. The molecule has 0 aliphatic carbocycles. The predicted octanol–water partition coefficient (Wildman–Crippen LogP) is 3.03. The molecule has 4 heteroatoms. The highest BCUT2D eigenvalue weighted by Gasteiger charge is 2.16. The van der Waals surface area contributed by atoms with Gasteiger partial charge in [0.15, 0.2) is 0 Å². The van der Waals surface area contributed by atoms with Crippen molar-refractivity contribution in [2.24, 2.45) is 0 Å². The van der Waals surface area contributed by atoms with E-state index < -0.39 is 0 Å². The molecule has 1 aliphatic rings. The van der Waals surface area contributed by atoms with Gasteiger partial charge in [0, 0.05) is 17.7 Å². The fourth-order valence-corrected chi connectivity index (χ4v) is 2.59. The summed E-state index contributed by atoms with van der Waals surface area (Å²) in [6.07, 6.45) is 2.27. The van der Waals surface area contributed by atoms with E-state index >= 15 is 0 Å². The van der Waals surface area contributed by atoms with Crippen molar-refractivity contribution in [2.45, 2.75) is 18.9 Å². The molecule has 2 aromatic carbocycles. The third kappa shape index (κ3) is 5.37. The van der Waals surface area contributed by atoms with Crippen molar-refractivity contribution >= 4 is 5.91 Å². The first-order chi connectivity index (χ1) is 12.3. The second-order valence-corrected chi connectivity index (χ2v) is 5.82. The summed E-state index contributed by atoms with van der Waals surface area (Å²) in [6, 6.07) is 16.9. The number of amides is 1. The SMILES string of the molecule is O=C(NCC#Cc1ccccc1)c1cccc(OCC2CCCO2)c1. The number of ether oxygens (including phenoxy) is 2. The monoisotopic (exact) mass is 335 g/mol. The molecule has 2 aromatic rings. The standard InChI is InChI=1S/C21H21NO3/c23-21(22-13-5-9-17-7-2-1-3-8-17)18-10-4-11-19(15-18)25-16-20-12-6-14-24-20/h1-4,7-8,10-11,15,20H,6,12-14,16H2,(H,22,23). The van der Waals surface area contributed by atoms with E-state index in [-0.39, 0.29) is 12.0 Å². The Bertz CT molecular complexity index is 755. The van der Waals surface area contributed by atoms with Gasteiger partial charge in [0.2, 0.25) is 0 Å². The lowest BCUT2D eigenvalue weighted by molar-refractivity contribution is 0.0679. The molecule has 1 atom stereocenters. The molecule has 4 nitrogen and oxygen atoms in total. The van der Waals surface area contributed by atoms with Gasteiger partial charge in [0.25, 0.3) is 5.91 Å². The molecular formula is C21H21NO3. The van der Waals surface area contributed by atoms with Crippen molar-refractivity contribution in [2.75, 3.05) is 19.8 Å². The Morgan fingerprint density at radius 1 is 1.20 bits per heavy atom. The van der Waals surface area contributed by atoms with Crippen molar-refractivity contribution in [3.63, 3.8) is 0 Å². The van der Waals surface area contributed by atoms with Crippen LogP contribution in [0.5, 0.6) is 5.75 Å². The van der Waals surface area contributed by atoms with E-state index in [4.69, 9.17) is 9.47 Å². The summed E-state index contributed by atoms with van der Waals surface area (Å²) in [5, 5.41) is 2.80. The lowest BCUT2D eigenvalue weighted by Crippen LogP contribution is -2.23. The third-order valence-electron chi connectivity index (χ3n) is 3.90. The Kier molecular flexibility index (Phi) is 6.08. The molecule has 0 radical (unpaired) electrons. The number of hydrogen-bond donors (Lipinski definition) is 1. The highest BCUT2D eigenvalue weighted by Crippen LogP contribution is 2.17. The highest BCUT2D eigenvalue weighted by atomic mass is 16.5. The Morgan fingerprint density at radius 3 is 2.88 bits per heavy atom. The molecule has 3 rings (SSSR count). The fourth-order valence-electron chi connectivity index (χ4n) is 2.59. The molecule has 1 fully saturated rings. The molecule has 0 spiro atoms. The lowest BCUT2D eigenvalue weighted by Gasteiger charge is -2.12.